The monoisotopic (exact) mass is 422 g/mol. The van der Waals surface area contributed by atoms with Crippen molar-refractivity contribution in [3.05, 3.63) is 58.9 Å². The maximum Gasteiger partial charge on any atom is 0.407 e. The van der Waals surface area contributed by atoms with E-state index in [4.69, 9.17) is 4.74 Å². The van der Waals surface area contributed by atoms with E-state index in [1.165, 1.54) is 0 Å². The Bertz CT molecular complexity index is 1090. The summed E-state index contributed by atoms with van der Waals surface area (Å²) in [5.74, 6) is 0. The number of hydrogen-bond donors (Lipinski definition) is 3. The molecule has 0 unspecified atom stereocenters. The lowest BCUT2D eigenvalue weighted by Crippen LogP contribution is -2.33. The summed E-state index contributed by atoms with van der Waals surface area (Å²) < 4.78 is 5.22. The van der Waals surface area contributed by atoms with Crippen molar-refractivity contribution < 1.29 is 9.53 Å². The van der Waals surface area contributed by atoms with Crippen molar-refractivity contribution in [3.63, 3.8) is 0 Å². The Labute approximate surface area is 182 Å². The molecule has 3 aromatic rings. The molecule has 0 fully saturated rings. The van der Waals surface area contributed by atoms with Gasteiger partial charge in [0.05, 0.1) is 11.1 Å². The van der Waals surface area contributed by atoms with E-state index in [1.807, 2.05) is 63.2 Å². The molecule has 31 heavy (non-hydrogen) atoms. The SMILES string of the molecule is CC(C)(C)OC(=O)NCCCCCNc1cccc(-c2n[nH]c(=O)c3ccccc23)c1. The predicted molar refractivity (Wildman–Crippen MR) is 124 cm³/mol. The molecule has 3 N–H and O–H groups in total. The lowest BCUT2D eigenvalue weighted by Gasteiger charge is -2.19. The number of fused-ring (bicyclic) bond motifs is 1. The molecule has 0 saturated carbocycles. The second kappa shape index (κ2) is 10.1. The zero-order valence-electron chi connectivity index (χ0n) is 18.3. The van der Waals surface area contributed by atoms with Crippen LogP contribution < -0.4 is 16.2 Å². The van der Waals surface area contributed by atoms with Crippen molar-refractivity contribution in [2.75, 3.05) is 18.4 Å². The molecular weight excluding hydrogens is 392 g/mol. The smallest absolute Gasteiger partial charge is 0.407 e. The molecule has 0 atom stereocenters. The summed E-state index contributed by atoms with van der Waals surface area (Å²) in [5.41, 5.74) is 2.04. The molecular formula is C24H30N4O3. The largest absolute Gasteiger partial charge is 0.444 e. The van der Waals surface area contributed by atoms with Crippen LogP contribution in [0.15, 0.2) is 53.3 Å². The number of benzene rings is 2. The number of nitrogens with zero attached hydrogens (tertiary/aromatic N) is 1. The van der Waals surface area contributed by atoms with Gasteiger partial charge in [-0.2, -0.15) is 5.10 Å². The average molecular weight is 423 g/mol. The van der Waals surface area contributed by atoms with E-state index in [1.54, 1.807) is 6.07 Å². The standard InChI is InChI=1S/C24H30N4O3/c1-24(2,3)31-23(30)26-15-8-4-7-14-25-18-11-9-10-17(16-18)21-19-12-5-6-13-20(19)22(29)28-27-21/h5-6,9-13,16,25H,4,7-8,14-15H2,1-3H3,(H,26,30)(H,28,29). The highest BCUT2D eigenvalue weighted by atomic mass is 16.6. The summed E-state index contributed by atoms with van der Waals surface area (Å²) >= 11 is 0. The van der Waals surface area contributed by atoms with Gasteiger partial charge >= 0.3 is 6.09 Å². The van der Waals surface area contributed by atoms with Gasteiger partial charge in [-0.05, 0) is 58.2 Å². The molecule has 0 aliphatic heterocycles. The quantitative estimate of drug-likeness (QED) is 0.458. The van der Waals surface area contributed by atoms with Gasteiger partial charge in [0.1, 0.15) is 5.60 Å². The number of ether oxygens (including phenoxy) is 1. The van der Waals surface area contributed by atoms with E-state index < -0.39 is 5.60 Å². The van der Waals surface area contributed by atoms with Crippen LogP contribution in [0, 0.1) is 0 Å². The van der Waals surface area contributed by atoms with E-state index in [0.717, 1.165) is 48.1 Å². The third-order valence-electron chi connectivity index (χ3n) is 4.68. The second-order valence-corrected chi connectivity index (χ2v) is 8.44. The first-order valence-corrected chi connectivity index (χ1v) is 10.6. The highest BCUT2D eigenvalue weighted by Gasteiger charge is 2.15. The number of H-pyrrole nitrogens is 1. The van der Waals surface area contributed by atoms with Crippen LogP contribution in [0.4, 0.5) is 10.5 Å². The normalized spacial score (nSPS) is 11.3. The Balaban J connectivity index is 1.49. The van der Waals surface area contributed by atoms with Crippen molar-refractivity contribution in [1.82, 2.24) is 15.5 Å². The van der Waals surface area contributed by atoms with Crippen molar-refractivity contribution in [1.29, 1.82) is 0 Å². The number of hydrogen-bond acceptors (Lipinski definition) is 5. The molecule has 1 heterocycles. The number of alkyl carbamates (subject to hydrolysis) is 1. The minimum atomic E-state index is -0.473. The number of nitrogens with one attached hydrogen (secondary N) is 3. The first-order chi connectivity index (χ1) is 14.8. The molecule has 0 bridgehead atoms. The van der Waals surface area contributed by atoms with Crippen LogP contribution >= 0.6 is 0 Å². The van der Waals surface area contributed by atoms with Crippen molar-refractivity contribution in [2.45, 2.75) is 45.6 Å². The van der Waals surface area contributed by atoms with Gasteiger partial charge in [-0.3, -0.25) is 4.79 Å². The van der Waals surface area contributed by atoms with E-state index in [-0.39, 0.29) is 11.7 Å². The Kier molecular flexibility index (Phi) is 7.28. The van der Waals surface area contributed by atoms with Crippen LogP contribution in [-0.4, -0.2) is 35.0 Å². The zero-order chi connectivity index (χ0) is 22.3. The number of aromatic nitrogens is 2. The third-order valence-corrected chi connectivity index (χ3v) is 4.68. The van der Waals surface area contributed by atoms with E-state index >= 15 is 0 Å². The third kappa shape index (κ3) is 6.57. The minimum absolute atomic E-state index is 0.185. The van der Waals surface area contributed by atoms with Gasteiger partial charge in [0.25, 0.3) is 5.56 Å². The lowest BCUT2D eigenvalue weighted by molar-refractivity contribution is 0.0527. The molecule has 0 radical (unpaired) electrons. The number of amides is 1. The lowest BCUT2D eigenvalue weighted by atomic mass is 10.0. The number of carbonyl (C=O) groups is 1. The molecule has 164 valence electrons. The molecule has 1 amide bonds. The average Bonchev–Trinajstić information content (AvgIpc) is 2.72. The molecule has 0 aliphatic rings. The Hall–Kier alpha value is -3.35. The molecule has 3 rings (SSSR count). The number of carbonyl (C=O) groups excluding carboxylic acids is 1. The van der Waals surface area contributed by atoms with Gasteiger partial charge in [0.2, 0.25) is 0 Å². The summed E-state index contributed by atoms with van der Waals surface area (Å²) in [6.45, 7) is 6.99. The van der Waals surface area contributed by atoms with Crippen molar-refractivity contribution in [2.24, 2.45) is 0 Å². The summed E-state index contributed by atoms with van der Waals surface area (Å²) in [5, 5.41) is 14.5. The van der Waals surface area contributed by atoms with Crippen molar-refractivity contribution in [3.8, 4) is 11.3 Å². The molecule has 0 aliphatic carbocycles. The number of rotatable bonds is 8. The van der Waals surface area contributed by atoms with Gasteiger partial charge in [0, 0.05) is 29.7 Å². The van der Waals surface area contributed by atoms with Gasteiger partial charge in [-0.25, -0.2) is 9.89 Å². The van der Waals surface area contributed by atoms with Gasteiger partial charge in [-0.1, -0.05) is 30.3 Å². The topological polar surface area (TPSA) is 96.1 Å². The van der Waals surface area contributed by atoms with Gasteiger partial charge in [0.15, 0.2) is 0 Å². The fourth-order valence-electron chi connectivity index (χ4n) is 3.28. The minimum Gasteiger partial charge on any atom is -0.444 e. The Morgan fingerprint density at radius 1 is 1.00 bits per heavy atom. The highest BCUT2D eigenvalue weighted by Crippen LogP contribution is 2.26. The molecule has 0 saturated heterocycles. The first-order valence-electron chi connectivity index (χ1n) is 10.6. The Morgan fingerprint density at radius 2 is 1.74 bits per heavy atom. The fourth-order valence-corrected chi connectivity index (χ4v) is 3.28. The maximum atomic E-state index is 12.0. The number of anilines is 1. The first kappa shape index (κ1) is 22.3. The number of unbranched alkanes of at least 4 members (excludes halogenated alkanes) is 2. The van der Waals surface area contributed by atoms with Crippen LogP contribution in [0.2, 0.25) is 0 Å². The fraction of sp³-hybridized carbons (Fsp3) is 0.375. The summed E-state index contributed by atoms with van der Waals surface area (Å²) in [7, 11) is 0. The molecule has 7 heteroatoms. The second-order valence-electron chi connectivity index (χ2n) is 8.44. The van der Waals surface area contributed by atoms with Crippen molar-refractivity contribution >= 4 is 22.6 Å². The van der Waals surface area contributed by atoms with Crippen LogP contribution in [0.5, 0.6) is 0 Å². The molecule has 7 nitrogen and oxygen atoms in total. The highest BCUT2D eigenvalue weighted by molar-refractivity contribution is 5.94. The predicted octanol–water partition coefficient (Wildman–Crippen LogP) is 4.70. The van der Waals surface area contributed by atoms with Gasteiger partial charge < -0.3 is 15.4 Å². The van der Waals surface area contributed by atoms with Crippen LogP contribution in [0.25, 0.3) is 22.0 Å². The van der Waals surface area contributed by atoms with Crippen LogP contribution in [0.3, 0.4) is 0 Å². The molecule has 0 spiro atoms. The van der Waals surface area contributed by atoms with Crippen LogP contribution in [0.1, 0.15) is 40.0 Å². The van der Waals surface area contributed by atoms with Crippen LogP contribution in [-0.2, 0) is 4.74 Å². The summed E-state index contributed by atoms with van der Waals surface area (Å²) in [6, 6.07) is 15.5. The summed E-state index contributed by atoms with van der Waals surface area (Å²) in [4.78, 5) is 23.6. The molecule has 2 aromatic carbocycles. The molecule has 1 aromatic heterocycles. The zero-order valence-corrected chi connectivity index (χ0v) is 18.3. The number of aromatic amines is 1. The van der Waals surface area contributed by atoms with E-state index in [0.29, 0.717) is 11.9 Å². The Morgan fingerprint density at radius 3 is 2.52 bits per heavy atom. The maximum absolute atomic E-state index is 12.0. The summed E-state index contributed by atoms with van der Waals surface area (Å²) in [6.07, 6.45) is 2.51. The van der Waals surface area contributed by atoms with Gasteiger partial charge in [-0.15, -0.1) is 0 Å². The van der Waals surface area contributed by atoms with E-state index in [2.05, 4.69) is 20.8 Å². The van der Waals surface area contributed by atoms with E-state index in [9.17, 15) is 9.59 Å².